The molecule has 0 aliphatic rings. The summed E-state index contributed by atoms with van der Waals surface area (Å²) in [5.74, 6) is -4.39. The van der Waals surface area contributed by atoms with Crippen LogP contribution in [0.25, 0.3) is 0 Å². The summed E-state index contributed by atoms with van der Waals surface area (Å²) in [6.07, 6.45) is 22.8. The van der Waals surface area contributed by atoms with Gasteiger partial charge in [-0.1, -0.05) is 103 Å². The molecule has 12 heteroatoms. The molecule has 2 atom stereocenters. The van der Waals surface area contributed by atoms with Gasteiger partial charge in [0.1, 0.15) is 12.1 Å². The summed E-state index contributed by atoms with van der Waals surface area (Å²) in [6, 6.07) is -2.12. The fraction of sp³-hybridized carbons (Fsp3) is 0.821. The number of aliphatic carboxylic acids is 4. The van der Waals surface area contributed by atoms with Gasteiger partial charge >= 0.3 is 53.4 Å². The summed E-state index contributed by atoms with van der Waals surface area (Å²) in [7, 11) is 0. The second kappa shape index (κ2) is 35.5. The normalized spacial score (nSPS) is 11.4. The minimum atomic E-state index is -1.17. The van der Waals surface area contributed by atoms with Crippen LogP contribution < -0.4 is 41.0 Å². The van der Waals surface area contributed by atoms with E-state index in [1.165, 1.54) is 89.9 Å². The van der Waals surface area contributed by atoms with E-state index in [1.54, 1.807) is 0 Å². The Morgan fingerprint density at radius 1 is 0.575 bits per heavy atom. The molecule has 40 heavy (non-hydrogen) atoms. The van der Waals surface area contributed by atoms with Crippen LogP contribution in [0.4, 0.5) is 0 Å². The number of carboxylic acids is 4. The Kier molecular flexibility index (Phi) is 40.3. The maximum Gasteiger partial charge on any atom is 1.00 e. The molecular weight excluding hydrogens is 531 g/mol. The van der Waals surface area contributed by atoms with E-state index >= 15 is 0 Å². The van der Waals surface area contributed by atoms with Gasteiger partial charge in [0.2, 0.25) is 0 Å². The molecule has 0 aromatic rings. The average Bonchev–Trinajstić information content (AvgIpc) is 2.88. The van der Waals surface area contributed by atoms with Gasteiger partial charge in [0.25, 0.3) is 0 Å². The summed E-state index contributed by atoms with van der Waals surface area (Å²) in [5, 5.41) is 32.5. The van der Waals surface area contributed by atoms with Crippen molar-refractivity contribution >= 4 is 30.2 Å². The number of unbranched alkanes of at least 4 members (excludes halogenated alkanes) is 15. The van der Waals surface area contributed by atoms with Crippen molar-refractivity contribution in [3.05, 3.63) is 0 Å². The first-order valence-electron chi connectivity index (χ1n) is 14.2. The summed E-state index contributed by atoms with van der Waals surface area (Å²) >= 11 is 0. The third-order valence-electron chi connectivity index (χ3n) is 5.86. The molecule has 0 fully saturated rings. The Bertz CT molecular complexity index is 603. The van der Waals surface area contributed by atoms with Gasteiger partial charge < -0.3 is 36.7 Å². The number of carbonyl (C=O) groups excluding carboxylic acids is 1. The van der Waals surface area contributed by atoms with Gasteiger partial charge in [-0.2, -0.15) is 6.42 Å². The molecule has 0 unspecified atom stereocenters. The first kappa shape index (κ1) is 45.5. The summed E-state index contributed by atoms with van der Waals surface area (Å²) in [4.78, 5) is 49.8. The van der Waals surface area contributed by atoms with Crippen molar-refractivity contribution in [2.24, 2.45) is 11.5 Å². The average molecular weight is 585 g/mol. The van der Waals surface area contributed by atoms with E-state index in [0.29, 0.717) is 6.42 Å². The van der Waals surface area contributed by atoms with Gasteiger partial charge in [-0.15, -0.1) is 0 Å². The molecule has 0 spiro atoms. The van der Waals surface area contributed by atoms with Crippen molar-refractivity contribution in [1.29, 1.82) is 0 Å². The number of nitrogens with two attached hydrogens (primary N) is 2. The largest absolute Gasteiger partial charge is 1.00 e. The van der Waals surface area contributed by atoms with E-state index in [2.05, 4.69) is 6.92 Å². The first-order chi connectivity index (χ1) is 18.5. The van der Waals surface area contributed by atoms with E-state index in [1.807, 2.05) is 6.29 Å². The van der Waals surface area contributed by atoms with Crippen LogP contribution in [-0.2, 0) is 24.0 Å². The molecule has 0 bridgehead atoms. The first-order valence-corrected chi connectivity index (χ1v) is 14.2. The number of carbonyl (C=O) groups is 4. The molecule has 0 rings (SSSR count). The van der Waals surface area contributed by atoms with Crippen LogP contribution >= 0.6 is 0 Å². The Balaban J connectivity index is -0.000000262. The van der Waals surface area contributed by atoms with Gasteiger partial charge in [0.05, 0.1) is 0 Å². The Hall–Kier alpha value is -1.53. The monoisotopic (exact) mass is 584 g/mol. The molecule has 0 aliphatic heterocycles. The minimum Gasteiger partial charge on any atom is -0.542 e. The molecule has 0 aromatic carbocycles. The standard InChI is InChI=1S/C18H35O.2C5H9NO4.Na/c1-2-3-4-5-6-7-8-9-10-11-12-13-14-15-16-17-18-19;2*6-3(5(9)10)1-2-4(7)8;/h2-17H2,1H3;2*3H,1-2,6H2,(H,7,8)(H,9,10);/q-1;;;+1/t;2*3-;/m.00./s1. The topological polar surface area (TPSA) is 218 Å². The molecule has 230 valence electrons. The maximum absolute atomic E-state index is 10.0. The van der Waals surface area contributed by atoms with Crippen molar-refractivity contribution in [3.8, 4) is 0 Å². The predicted octanol–water partition coefficient (Wildman–Crippen LogP) is 1.89. The van der Waals surface area contributed by atoms with Crippen LogP contribution in [0.3, 0.4) is 0 Å². The van der Waals surface area contributed by atoms with Gasteiger partial charge in [-0.3, -0.25) is 25.5 Å². The van der Waals surface area contributed by atoms with Crippen LogP contribution in [0, 0.1) is 0 Å². The smallest absolute Gasteiger partial charge is 0.542 e. The van der Waals surface area contributed by atoms with Crippen molar-refractivity contribution in [1.82, 2.24) is 0 Å². The Labute approximate surface area is 262 Å². The minimum absolute atomic E-state index is 0. The molecule has 0 radical (unpaired) electrons. The van der Waals surface area contributed by atoms with Crippen LogP contribution in [0.2, 0.25) is 0 Å². The molecule has 8 N–H and O–H groups in total. The van der Waals surface area contributed by atoms with Crippen molar-refractivity contribution in [2.45, 2.75) is 147 Å². The number of hydrogen-bond donors (Lipinski definition) is 6. The zero-order chi connectivity index (χ0) is 30.3. The van der Waals surface area contributed by atoms with Crippen molar-refractivity contribution in [3.63, 3.8) is 0 Å². The predicted molar refractivity (Wildman–Crippen MR) is 150 cm³/mol. The van der Waals surface area contributed by atoms with Gasteiger partial charge in [0.15, 0.2) is 0 Å². The molecule has 0 saturated heterocycles. The zero-order valence-corrected chi connectivity index (χ0v) is 26.8. The van der Waals surface area contributed by atoms with E-state index in [9.17, 15) is 24.0 Å². The zero-order valence-electron chi connectivity index (χ0n) is 24.8. The molecule has 0 saturated carbocycles. The maximum atomic E-state index is 10.0. The summed E-state index contributed by atoms with van der Waals surface area (Å²) in [5.41, 5.74) is 10.0. The van der Waals surface area contributed by atoms with Gasteiger partial charge in [0, 0.05) is 12.8 Å². The van der Waals surface area contributed by atoms with Crippen molar-refractivity contribution < 1.29 is 74.0 Å². The Morgan fingerprint density at radius 3 is 1.07 bits per heavy atom. The fourth-order valence-corrected chi connectivity index (χ4v) is 3.37. The third kappa shape index (κ3) is 43.5. The SMILES string of the molecule is CCCCCCCCCCCCCCCCC[C-]=O.N[C@@H](CCC(=O)O)C(=O)O.N[C@@H](CCC(=O)O)C(=O)O.[Na+]. The molecular formula is C28H53N2NaO9. The molecule has 0 aliphatic carbocycles. The number of rotatable bonds is 24. The quantitative estimate of drug-likeness (QED) is 0.0546. The van der Waals surface area contributed by atoms with Crippen LogP contribution in [0.5, 0.6) is 0 Å². The van der Waals surface area contributed by atoms with Crippen molar-refractivity contribution in [2.75, 3.05) is 0 Å². The van der Waals surface area contributed by atoms with Crippen LogP contribution in [0.15, 0.2) is 0 Å². The summed E-state index contributed by atoms with van der Waals surface area (Å²) < 4.78 is 0. The second-order valence-corrected chi connectivity index (χ2v) is 9.60. The van der Waals surface area contributed by atoms with Gasteiger partial charge in [-0.25, -0.2) is 0 Å². The molecule has 0 aromatic heterocycles. The second-order valence-electron chi connectivity index (χ2n) is 9.60. The fourth-order valence-electron chi connectivity index (χ4n) is 3.37. The van der Waals surface area contributed by atoms with E-state index in [4.69, 9.17) is 31.9 Å². The molecule has 0 amide bonds. The summed E-state index contributed by atoms with van der Waals surface area (Å²) in [6.45, 7) is 2.28. The number of hydrogen-bond acceptors (Lipinski definition) is 7. The third-order valence-corrected chi connectivity index (χ3v) is 5.86. The van der Waals surface area contributed by atoms with Crippen LogP contribution in [0.1, 0.15) is 135 Å². The number of carboxylic acid groups (broad SMARTS) is 4. The Morgan fingerprint density at radius 2 is 0.850 bits per heavy atom. The van der Waals surface area contributed by atoms with E-state index in [0.717, 1.165) is 6.42 Å². The molecule has 11 nitrogen and oxygen atoms in total. The van der Waals surface area contributed by atoms with E-state index in [-0.39, 0.29) is 55.2 Å². The van der Waals surface area contributed by atoms with Gasteiger partial charge in [-0.05, 0) is 12.8 Å². The van der Waals surface area contributed by atoms with E-state index < -0.39 is 36.0 Å². The van der Waals surface area contributed by atoms with Crippen LogP contribution in [-0.4, -0.2) is 62.7 Å². The molecule has 0 heterocycles.